The molecule has 0 fully saturated rings. The molecular formula is C18H21IN4O4. The summed E-state index contributed by atoms with van der Waals surface area (Å²) in [5, 5.41) is 10.9. The highest BCUT2D eigenvalue weighted by molar-refractivity contribution is 14.1. The summed E-state index contributed by atoms with van der Waals surface area (Å²) in [5.41, 5.74) is 2.58. The maximum absolute atomic E-state index is 12.5. The van der Waals surface area contributed by atoms with Gasteiger partial charge in [-0.1, -0.05) is 0 Å². The van der Waals surface area contributed by atoms with Crippen molar-refractivity contribution < 1.29 is 9.47 Å². The van der Waals surface area contributed by atoms with Crippen molar-refractivity contribution in [2.24, 2.45) is 0 Å². The predicted octanol–water partition coefficient (Wildman–Crippen LogP) is 2.53. The van der Waals surface area contributed by atoms with Crippen molar-refractivity contribution in [1.82, 2.24) is 20.4 Å². The van der Waals surface area contributed by atoms with Crippen LogP contribution in [0.5, 0.6) is 11.5 Å². The van der Waals surface area contributed by atoms with Gasteiger partial charge in [-0.05, 0) is 61.1 Å². The number of hydrogen-bond donors (Lipinski definition) is 4. The molecule has 0 atom stereocenters. The molecule has 0 aliphatic heterocycles. The summed E-state index contributed by atoms with van der Waals surface area (Å²) in [7, 11) is 1.58. The van der Waals surface area contributed by atoms with E-state index in [2.05, 4.69) is 43.0 Å². The number of hydrogen-bond acceptors (Lipinski definition) is 4. The summed E-state index contributed by atoms with van der Waals surface area (Å²) in [5.74, 6) is 0.633. The zero-order valence-electron chi connectivity index (χ0n) is 15.5. The SMILES string of the molecule is CCOc1cc(C(c2c(C)[nH][nH]c2=O)c2c(C)[nH][nH]c2=O)cc(I)c1OC. The van der Waals surface area contributed by atoms with Crippen molar-refractivity contribution in [1.29, 1.82) is 0 Å². The van der Waals surface area contributed by atoms with E-state index in [4.69, 9.17) is 9.47 Å². The Balaban J connectivity index is 2.33. The third kappa shape index (κ3) is 3.43. The Labute approximate surface area is 168 Å². The third-order valence-corrected chi connectivity index (χ3v) is 5.27. The van der Waals surface area contributed by atoms with E-state index in [1.165, 1.54) is 0 Å². The van der Waals surface area contributed by atoms with Gasteiger partial charge in [-0.25, -0.2) is 0 Å². The summed E-state index contributed by atoms with van der Waals surface area (Å²) >= 11 is 2.16. The van der Waals surface area contributed by atoms with Crippen LogP contribution in [0.25, 0.3) is 0 Å². The van der Waals surface area contributed by atoms with Gasteiger partial charge in [0, 0.05) is 17.3 Å². The Morgan fingerprint density at radius 1 is 1.00 bits per heavy atom. The first-order valence-corrected chi connectivity index (χ1v) is 9.51. The zero-order chi connectivity index (χ0) is 19.7. The van der Waals surface area contributed by atoms with Crippen LogP contribution in [0, 0.1) is 17.4 Å². The van der Waals surface area contributed by atoms with Crippen LogP contribution in [0.2, 0.25) is 0 Å². The first-order chi connectivity index (χ1) is 12.9. The van der Waals surface area contributed by atoms with Crippen LogP contribution >= 0.6 is 22.6 Å². The molecule has 0 bridgehead atoms. The van der Waals surface area contributed by atoms with Gasteiger partial charge in [0.15, 0.2) is 11.5 Å². The molecule has 144 valence electrons. The first-order valence-electron chi connectivity index (χ1n) is 8.43. The predicted molar refractivity (Wildman–Crippen MR) is 110 cm³/mol. The van der Waals surface area contributed by atoms with E-state index in [0.717, 1.165) is 9.13 Å². The summed E-state index contributed by atoms with van der Waals surface area (Å²) in [6.07, 6.45) is 0. The minimum absolute atomic E-state index is 0.263. The fourth-order valence-corrected chi connectivity index (χ4v) is 4.15. The number of aromatic amines is 4. The standard InChI is InChI=1S/C18H21IN4O4/c1-5-27-12-7-10(6-11(19)16(12)26-4)15(13-8(2)20-22-17(13)24)14-9(3)21-23-18(14)25/h6-7,15H,5H2,1-4H3,(H2,20,22,24)(H2,21,23,25). The molecular weight excluding hydrogens is 463 g/mol. The molecule has 27 heavy (non-hydrogen) atoms. The number of aromatic nitrogens is 4. The molecule has 3 rings (SSSR count). The van der Waals surface area contributed by atoms with Crippen molar-refractivity contribution >= 4 is 22.6 Å². The number of benzene rings is 1. The lowest BCUT2D eigenvalue weighted by Gasteiger charge is -2.19. The van der Waals surface area contributed by atoms with E-state index in [1.54, 1.807) is 21.0 Å². The maximum Gasteiger partial charge on any atom is 0.268 e. The molecule has 0 radical (unpaired) electrons. The highest BCUT2D eigenvalue weighted by Gasteiger charge is 2.29. The second-order valence-electron chi connectivity index (χ2n) is 6.14. The summed E-state index contributed by atoms with van der Waals surface area (Å²) < 4.78 is 12.0. The Morgan fingerprint density at radius 3 is 1.96 bits per heavy atom. The molecule has 0 spiro atoms. The van der Waals surface area contributed by atoms with Crippen molar-refractivity contribution in [3.8, 4) is 11.5 Å². The molecule has 0 aliphatic carbocycles. The molecule has 0 saturated carbocycles. The summed E-state index contributed by atoms with van der Waals surface area (Å²) in [4.78, 5) is 25.0. The van der Waals surface area contributed by atoms with Crippen LogP contribution in [0.1, 0.15) is 40.9 Å². The highest BCUT2D eigenvalue weighted by Crippen LogP contribution is 2.39. The van der Waals surface area contributed by atoms with E-state index >= 15 is 0 Å². The molecule has 0 amide bonds. The molecule has 2 heterocycles. The van der Waals surface area contributed by atoms with E-state index in [1.807, 2.05) is 19.1 Å². The second kappa shape index (κ2) is 7.67. The maximum atomic E-state index is 12.5. The van der Waals surface area contributed by atoms with Crippen molar-refractivity contribution in [2.75, 3.05) is 13.7 Å². The van der Waals surface area contributed by atoms with Gasteiger partial charge in [0.1, 0.15) is 0 Å². The second-order valence-corrected chi connectivity index (χ2v) is 7.30. The van der Waals surface area contributed by atoms with Gasteiger partial charge in [-0.3, -0.25) is 19.8 Å². The van der Waals surface area contributed by atoms with Crippen LogP contribution < -0.4 is 20.6 Å². The number of nitrogens with one attached hydrogen (secondary N) is 4. The molecule has 0 aliphatic rings. The third-order valence-electron chi connectivity index (χ3n) is 4.47. The monoisotopic (exact) mass is 484 g/mol. The lowest BCUT2D eigenvalue weighted by Crippen LogP contribution is -2.20. The van der Waals surface area contributed by atoms with Crippen molar-refractivity contribution in [3.05, 3.63) is 64.5 Å². The molecule has 9 heteroatoms. The minimum atomic E-state index is -0.561. The van der Waals surface area contributed by atoms with E-state index in [9.17, 15) is 9.59 Å². The van der Waals surface area contributed by atoms with Gasteiger partial charge in [0.25, 0.3) is 11.1 Å². The number of methoxy groups -OCH3 is 1. The number of aryl methyl sites for hydroxylation is 2. The largest absolute Gasteiger partial charge is 0.492 e. The van der Waals surface area contributed by atoms with Crippen LogP contribution in [0.3, 0.4) is 0 Å². The van der Waals surface area contributed by atoms with Gasteiger partial charge < -0.3 is 19.7 Å². The van der Waals surface area contributed by atoms with E-state index in [0.29, 0.717) is 40.6 Å². The molecule has 3 aromatic rings. The summed E-state index contributed by atoms with van der Waals surface area (Å²) in [6.45, 7) is 5.95. The Bertz CT molecular complexity index is 1020. The van der Waals surface area contributed by atoms with Crippen molar-refractivity contribution in [2.45, 2.75) is 26.7 Å². The van der Waals surface area contributed by atoms with Crippen LogP contribution in [-0.2, 0) is 0 Å². The van der Waals surface area contributed by atoms with Gasteiger partial charge in [0.2, 0.25) is 0 Å². The highest BCUT2D eigenvalue weighted by atomic mass is 127. The van der Waals surface area contributed by atoms with Crippen molar-refractivity contribution in [3.63, 3.8) is 0 Å². The molecule has 2 aromatic heterocycles. The van der Waals surface area contributed by atoms with Gasteiger partial charge in [-0.15, -0.1) is 0 Å². The molecule has 0 saturated heterocycles. The normalized spacial score (nSPS) is 11.2. The van der Waals surface area contributed by atoms with Gasteiger partial charge >= 0.3 is 0 Å². The average Bonchev–Trinajstić information content (AvgIpc) is 3.12. The lowest BCUT2D eigenvalue weighted by molar-refractivity contribution is 0.309. The fourth-order valence-electron chi connectivity index (χ4n) is 3.30. The van der Waals surface area contributed by atoms with Crippen LogP contribution in [-0.4, -0.2) is 34.1 Å². The number of halogens is 1. The van der Waals surface area contributed by atoms with Crippen LogP contribution in [0.15, 0.2) is 21.7 Å². The topological polar surface area (TPSA) is 116 Å². The molecule has 8 nitrogen and oxygen atoms in total. The van der Waals surface area contributed by atoms with Gasteiger partial charge in [0.05, 0.1) is 28.4 Å². The minimum Gasteiger partial charge on any atom is -0.492 e. The molecule has 1 aromatic carbocycles. The lowest BCUT2D eigenvalue weighted by atomic mass is 9.85. The number of ether oxygens (including phenoxy) is 2. The Morgan fingerprint density at radius 2 is 1.56 bits per heavy atom. The summed E-state index contributed by atoms with van der Waals surface area (Å²) in [6, 6.07) is 3.73. The molecule has 0 unspecified atom stereocenters. The van der Waals surface area contributed by atoms with Crippen LogP contribution in [0.4, 0.5) is 0 Å². The van der Waals surface area contributed by atoms with E-state index < -0.39 is 5.92 Å². The number of H-pyrrole nitrogens is 4. The van der Waals surface area contributed by atoms with Gasteiger partial charge in [-0.2, -0.15) is 0 Å². The Kier molecular flexibility index (Phi) is 5.49. The average molecular weight is 484 g/mol. The Hall–Kier alpha value is -2.43. The first kappa shape index (κ1) is 19.3. The number of rotatable bonds is 6. The smallest absolute Gasteiger partial charge is 0.268 e. The fraction of sp³-hybridized carbons (Fsp3) is 0.333. The van der Waals surface area contributed by atoms with E-state index in [-0.39, 0.29) is 11.1 Å². The molecule has 4 N–H and O–H groups in total. The zero-order valence-corrected chi connectivity index (χ0v) is 17.6. The quantitative estimate of drug-likeness (QED) is 0.403.